The minimum Gasteiger partial charge on any atom is -0.481 e. The van der Waals surface area contributed by atoms with Gasteiger partial charge >= 0.3 is 5.97 Å². The van der Waals surface area contributed by atoms with E-state index in [2.05, 4.69) is 17.5 Å². The summed E-state index contributed by atoms with van der Waals surface area (Å²) >= 11 is 0. The van der Waals surface area contributed by atoms with Crippen molar-refractivity contribution in [1.29, 1.82) is 0 Å². The number of aryl methyl sites for hydroxylation is 1. The zero-order valence-electron chi connectivity index (χ0n) is 11.1. The van der Waals surface area contributed by atoms with E-state index >= 15 is 0 Å². The predicted octanol–water partition coefficient (Wildman–Crippen LogP) is 2.24. The third kappa shape index (κ3) is 2.46. The molecule has 0 spiro atoms. The number of aliphatic carboxylic acids is 1. The van der Waals surface area contributed by atoms with E-state index in [0.29, 0.717) is 18.4 Å². The van der Waals surface area contributed by atoms with Crippen molar-refractivity contribution in [3.63, 3.8) is 0 Å². The van der Waals surface area contributed by atoms with Crippen LogP contribution in [0.15, 0.2) is 24.3 Å². The summed E-state index contributed by atoms with van der Waals surface area (Å²) in [6, 6.07) is 5.75. The molecule has 0 unspecified atom stereocenters. The molecule has 0 bridgehead atoms. The molecule has 1 fully saturated rings. The van der Waals surface area contributed by atoms with Crippen LogP contribution in [0.5, 0.6) is 0 Å². The Labute approximate surface area is 117 Å². The molecule has 0 saturated heterocycles. The molecule has 0 atom stereocenters. The number of nitrogens with one attached hydrogen (secondary N) is 1. The molecule has 0 aromatic heterocycles. The summed E-state index contributed by atoms with van der Waals surface area (Å²) in [6.07, 6.45) is 7.29. The van der Waals surface area contributed by atoms with Crippen LogP contribution in [0.25, 0.3) is 6.08 Å². The van der Waals surface area contributed by atoms with Crippen molar-refractivity contribution in [1.82, 2.24) is 5.32 Å². The van der Waals surface area contributed by atoms with Crippen molar-refractivity contribution < 1.29 is 14.7 Å². The van der Waals surface area contributed by atoms with Crippen LogP contribution in [-0.2, 0) is 11.2 Å². The first-order valence-corrected chi connectivity index (χ1v) is 6.96. The number of fused-ring (bicyclic) bond motifs is 1. The van der Waals surface area contributed by atoms with Gasteiger partial charge in [0.25, 0.3) is 5.91 Å². The highest BCUT2D eigenvalue weighted by Gasteiger charge is 2.35. The van der Waals surface area contributed by atoms with E-state index in [1.165, 1.54) is 11.1 Å². The molecule has 2 aliphatic rings. The van der Waals surface area contributed by atoms with E-state index in [-0.39, 0.29) is 17.9 Å². The maximum absolute atomic E-state index is 12.1. The number of carbonyl (C=O) groups excluding carboxylic acids is 1. The first-order valence-electron chi connectivity index (χ1n) is 6.96. The van der Waals surface area contributed by atoms with Gasteiger partial charge in [0.2, 0.25) is 0 Å². The number of carboxylic acids is 1. The number of allylic oxidation sites excluding steroid dienone is 1. The lowest BCUT2D eigenvalue weighted by Gasteiger charge is -2.32. The highest BCUT2D eigenvalue weighted by atomic mass is 16.4. The van der Waals surface area contributed by atoms with E-state index in [1.54, 1.807) is 0 Å². The van der Waals surface area contributed by atoms with Crippen LogP contribution in [0.1, 0.15) is 40.7 Å². The fourth-order valence-corrected chi connectivity index (χ4v) is 2.78. The van der Waals surface area contributed by atoms with E-state index in [9.17, 15) is 9.59 Å². The highest BCUT2D eigenvalue weighted by Crippen LogP contribution is 2.28. The van der Waals surface area contributed by atoms with Crippen molar-refractivity contribution in [2.75, 3.05) is 0 Å². The van der Waals surface area contributed by atoms with Gasteiger partial charge in [-0.3, -0.25) is 9.59 Å². The molecule has 3 rings (SSSR count). The Bertz CT molecular complexity index is 585. The van der Waals surface area contributed by atoms with Gasteiger partial charge in [-0.25, -0.2) is 0 Å². The highest BCUT2D eigenvalue weighted by molar-refractivity contribution is 5.95. The molecule has 0 aliphatic heterocycles. The van der Waals surface area contributed by atoms with Crippen LogP contribution < -0.4 is 5.32 Å². The second kappa shape index (κ2) is 5.12. The minimum absolute atomic E-state index is 0.000437. The Morgan fingerprint density at radius 1 is 1.25 bits per heavy atom. The lowest BCUT2D eigenvalue weighted by Crippen LogP contribution is -2.46. The second-order valence-electron chi connectivity index (χ2n) is 5.53. The van der Waals surface area contributed by atoms with E-state index < -0.39 is 5.97 Å². The third-order valence-corrected chi connectivity index (χ3v) is 4.11. The number of carbonyl (C=O) groups is 2. The molecule has 20 heavy (non-hydrogen) atoms. The van der Waals surface area contributed by atoms with Crippen LogP contribution in [0.4, 0.5) is 0 Å². The normalized spacial score (nSPS) is 23.6. The van der Waals surface area contributed by atoms with E-state index in [4.69, 9.17) is 5.11 Å². The van der Waals surface area contributed by atoms with Crippen LogP contribution in [0.3, 0.4) is 0 Å². The SMILES string of the molecule is O=C(NC1CC(C(=O)O)C1)c1ccc2c(c1)CCC=C2. The average Bonchev–Trinajstić information content (AvgIpc) is 2.41. The predicted molar refractivity (Wildman–Crippen MR) is 75.4 cm³/mol. The van der Waals surface area contributed by atoms with Gasteiger partial charge in [0.05, 0.1) is 5.92 Å². The molecule has 4 nitrogen and oxygen atoms in total. The summed E-state index contributed by atoms with van der Waals surface area (Å²) in [4.78, 5) is 22.9. The van der Waals surface area contributed by atoms with Crippen LogP contribution in [-0.4, -0.2) is 23.0 Å². The van der Waals surface area contributed by atoms with E-state index in [1.807, 2.05) is 18.2 Å². The third-order valence-electron chi connectivity index (χ3n) is 4.11. The Morgan fingerprint density at radius 2 is 2.05 bits per heavy atom. The summed E-state index contributed by atoms with van der Waals surface area (Å²) < 4.78 is 0. The topological polar surface area (TPSA) is 66.4 Å². The molecule has 104 valence electrons. The smallest absolute Gasteiger partial charge is 0.306 e. The fourth-order valence-electron chi connectivity index (χ4n) is 2.78. The number of amides is 1. The molecule has 0 radical (unpaired) electrons. The zero-order chi connectivity index (χ0) is 14.1. The van der Waals surface area contributed by atoms with Crippen LogP contribution >= 0.6 is 0 Å². The fraction of sp³-hybridized carbons (Fsp3) is 0.375. The molecular formula is C16H17NO3. The van der Waals surface area contributed by atoms with Crippen molar-refractivity contribution in [3.05, 3.63) is 41.0 Å². The van der Waals surface area contributed by atoms with Gasteiger partial charge in [-0.1, -0.05) is 18.2 Å². The Morgan fingerprint density at radius 3 is 2.80 bits per heavy atom. The summed E-state index contributed by atoms with van der Waals surface area (Å²) in [5.41, 5.74) is 3.05. The monoisotopic (exact) mass is 271 g/mol. The van der Waals surface area contributed by atoms with Crippen LogP contribution in [0.2, 0.25) is 0 Å². The van der Waals surface area contributed by atoms with Gasteiger partial charge in [0, 0.05) is 11.6 Å². The second-order valence-corrected chi connectivity index (χ2v) is 5.53. The van der Waals surface area contributed by atoms with Gasteiger partial charge in [-0.15, -0.1) is 0 Å². The number of carboxylic acid groups (broad SMARTS) is 1. The van der Waals surface area contributed by atoms with Gasteiger partial charge in [-0.05, 0) is 48.9 Å². The summed E-state index contributed by atoms with van der Waals surface area (Å²) in [5, 5.41) is 11.7. The molecule has 2 aliphatic carbocycles. The molecule has 1 aromatic carbocycles. The van der Waals surface area contributed by atoms with Crippen molar-refractivity contribution in [2.45, 2.75) is 31.7 Å². The van der Waals surface area contributed by atoms with Crippen molar-refractivity contribution in [2.24, 2.45) is 5.92 Å². The van der Waals surface area contributed by atoms with Crippen molar-refractivity contribution >= 4 is 18.0 Å². The van der Waals surface area contributed by atoms with Gasteiger partial charge in [0.15, 0.2) is 0 Å². The Hall–Kier alpha value is -2.10. The maximum atomic E-state index is 12.1. The molecule has 4 heteroatoms. The van der Waals surface area contributed by atoms with E-state index in [0.717, 1.165) is 12.8 Å². The average molecular weight is 271 g/mol. The minimum atomic E-state index is -0.768. The number of hydrogen-bond donors (Lipinski definition) is 2. The molecule has 1 aromatic rings. The molecule has 0 heterocycles. The summed E-state index contributed by atoms with van der Waals surface area (Å²) in [5.74, 6) is -1.17. The molecular weight excluding hydrogens is 254 g/mol. The molecule has 1 saturated carbocycles. The first-order chi connectivity index (χ1) is 9.63. The molecule has 2 N–H and O–H groups in total. The Balaban J connectivity index is 1.63. The lowest BCUT2D eigenvalue weighted by atomic mass is 9.80. The summed E-state index contributed by atoms with van der Waals surface area (Å²) in [6.45, 7) is 0. The quantitative estimate of drug-likeness (QED) is 0.886. The Kier molecular flexibility index (Phi) is 3.30. The number of rotatable bonds is 3. The zero-order valence-corrected chi connectivity index (χ0v) is 11.1. The summed E-state index contributed by atoms with van der Waals surface area (Å²) in [7, 11) is 0. The van der Waals surface area contributed by atoms with Gasteiger partial charge < -0.3 is 10.4 Å². The number of benzene rings is 1. The van der Waals surface area contributed by atoms with Gasteiger partial charge in [0.1, 0.15) is 0 Å². The largest absolute Gasteiger partial charge is 0.481 e. The molecule has 1 amide bonds. The van der Waals surface area contributed by atoms with Crippen LogP contribution in [0, 0.1) is 5.92 Å². The van der Waals surface area contributed by atoms with Gasteiger partial charge in [-0.2, -0.15) is 0 Å². The lowest BCUT2D eigenvalue weighted by molar-refractivity contribution is -0.145. The standard InChI is InChI=1S/C16H17NO3/c18-15(17-14-8-13(9-14)16(19)20)12-6-5-10-3-1-2-4-11(10)7-12/h1,3,5-7,13-14H,2,4,8-9H2,(H,17,18)(H,19,20). The maximum Gasteiger partial charge on any atom is 0.306 e. The first kappa shape index (κ1) is 12.9. The number of hydrogen-bond acceptors (Lipinski definition) is 2. The van der Waals surface area contributed by atoms with Crippen molar-refractivity contribution in [3.8, 4) is 0 Å².